The lowest BCUT2D eigenvalue weighted by Crippen LogP contribution is -2.43. The molecule has 8 heterocycles. The number of hydrogen-bond donors (Lipinski definition) is 11. The van der Waals surface area contributed by atoms with Crippen LogP contribution in [0.3, 0.4) is 0 Å². The summed E-state index contributed by atoms with van der Waals surface area (Å²) in [5.74, 6) is -5.17. The summed E-state index contributed by atoms with van der Waals surface area (Å²) in [4.78, 5) is 117. The number of carbonyl (C=O) groups is 6. The van der Waals surface area contributed by atoms with E-state index in [4.69, 9.17) is 94.0 Å². The molecule has 11 N–H and O–H groups in total. The summed E-state index contributed by atoms with van der Waals surface area (Å²) < 4.78 is 41.5. The molecule has 666 valence electrons. The molecule has 2 aliphatic rings. The average molecular weight is 1840 g/mol. The Hall–Kier alpha value is -10.9. The van der Waals surface area contributed by atoms with Crippen LogP contribution in [0.5, 0.6) is 0 Å². The highest BCUT2D eigenvalue weighted by Gasteiger charge is 2.34. The molecule has 8 aromatic rings. The van der Waals surface area contributed by atoms with Gasteiger partial charge in [0.2, 0.25) is 0 Å². The number of halogens is 8. The van der Waals surface area contributed by atoms with Gasteiger partial charge in [0, 0.05) is 63.8 Å². The first-order chi connectivity index (χ1) is 58.2. The van der Waals surface area contributed by atoms with E-state index in [-0.39, 0.29) is 61.2 Å². The number of carboxylic acid groups (broad SMARTS) is 1. The molecule has 124 heavy (non-hydrogen) atoms. The normalized spacial score (nSPS) is 14.6. The van der Waals surface area contributed by atoms with Gasteiger partial charge in [-0.15, -0.1) is 0 Å². The van der Waals surface area contributed by atoms with Crippen molar-refractivity contribution in [1.29, 1.82) is 10.5 Å². The number of anilines is 2. The van der Waals surface area contributed by atoms with Gasteiger partial charge in [0.25, 0.3) is 11.8 Å². The second-order valence-electron chi connectivity index (χ2n) is 29.3. The van der Waals surface area contributed by atoms with Crippen molar-refractivity contribution in [2.45, 2.75) is 154 Å². The van der Waals surface area contributed by atoms with E-state index in [1.54, 1.807) is 53.7 Å². The number of rotatable bonds is 21. The number of aromatic nitrogens is 12. The fourth-order valence-corrected chi connectivity index (χ4v) is 11.3. The number of nitrogens with zero attached hydrogens (tertiary/aromatic N) is 16. The Morgan fingerprint density at radius 2 is 0.831 bits per heavy atom. The van der Waals surface area contributed by atoms with Crippen molar-refractivity contribution in [2.75, 3.05) is 49.1 Å². The lowest BCUT2D eigenvalue weighted by molar-refractivity contribution is -0.171. The van der Waals surface area contributed by atoms with E-state index in [0.717, 1.165) is 38.0 Å². The van der Waals surface area contributed by atoms with E-state index in [1.807, 2.05) is 42.7 Å². The molecule has 6 aromatic heterocycles. The van der Waals surface area contributed by atoms with Gasteiger partial charge in [-0.05, 0) is 142 Å². The summed E-state index contributed by atoms with van der Waals surface area (Å²) in [5, 5.41) is 111. The van der Waals surface area contributed by atoms with Gasteiger partial charge in [-0.3, -0.25) is 44.5 Å². The largest absolute Gasteiger partial charge is 0.479 e. The first-order valence-corrected chi connectivity index (χ1v) is 39.4. The predicted molar refractivity (Wildman–Crippen MR) is 449 cm³/mol. The number of amides is 2. The Bertz CT molecular complexity index is 4910. The summed E-state index contributed by atoms with van der Waals surface area (Å²) in [5.41, 5.74) is 0.904. The lowest BCUT2D eigenvalue weighted by atomic mass is 9.95. The van der Waals surface area contributed by atoms with E-state index >= 15 is 0 Å². The summed E-state index contributed by atoms with van der Waals surface area (Å²) in [6, 6.07) is 12.4. The predicted octanol–water partition coefficient (Wildman–Crippen LogP) is 8.74. The number of aliphatic hydroxyl groups excluding tert-OH is 8. The molecular formula is C80H92Cl6F2N18O18. The zero-order valence-corrected chi connectivity index (χ0v) is 72.7. The SMILES string of the molecule is C=CC(=O)OC(C)(C)C.CC(C)(C)OC(=O)C=Cc1cncc(Cl)n1.CC(C)(C)OC(=O)[C@@H](O)[C@@H](O)c1cncc(Cl)n1.Clc1cncc(Cl)n1.N#Cc1cc(F)ccc1N1CCC(CNC(=O)[C@H](O)[C@@H](O)c2cncc(Cl)n2)CC1.N#Cc1cc(F)ccc1N1CCC(CNC(=O)[C@H](O)[C@@H](O)c2cnccn2)CC1.O=C(O)[C@H](O)[C@@H](O)c1cncc(Cl)n1. The topological polar surface area (TPSA) is 545 Å². The molecule has 2 amide bonds. The molecule has 0 aliphatic carbocycles. The molecule has 10 rings (SSSR count). The van der Waals surface area contributed by atoms with Crippen LogP contribution in [-0.4, -0.2) is 222 Å². The standard InChI is InChI=1S/C20H21ClFN5O3.C20H22FN5O3.C11H15ClN2O4.C11H13ClN2O2.C7H7ClN2O4.C7H12O2.C4H2Cl2N2/c21-17-11-24-10-15(26-17)18(28)19(29)20(30)25-9-12-3-5-27(6-4-12)16-2-1-14(22)7-13(16)8-23;21-15-1-2-17(14(9-15)10-22)26-7-3-13(4-8-26)11-25-20(29)19(28)18(27)16-12-23-5-6-24-16;1-11(2,3)18-10(17)9(16)8(15)6-4-13-5-7(12)14-6;1-11(2,3)16-10(15)5-4-8-6-13-7-9(12)14-8;8-4-2-9-1-3(10-4)5(11)6(12)7(13)14;1-5-6(8)9-7(2,3)4;5-3-1-7-2-4(6)8-3/h1-2,7,10-12,18-19,28-29H,3-6,9H2,(H,25,30);1-2,5-6,9,12-13,18-19,27-28H,3-4,7-8,11H2,(H,25,29);4-5,8-9,15-16H,1-3H3;4-7H,1-3H3;1-2,5-6,11-12H,(H,13,14);5H,1H2,2-4H3;1-2H/t2*18-,19+;8-,9-;;5-,6+;;/m000.0../s1. The highest BCUT2D eigenvalue weighted by Crippen LogP contribution is 2.30. The van der Waals surface area contributed by atoms with Gasteiger partial charge in [-0.25, -0.2) is 52.9 Å². The fraction of sp³-hybridized carbons (Fsp3) is 0.400. The van der Waals surface area contributed by atoms with E-state index in [1.165, 1.54) is 111 Å². The van der Waals surface area contributed by atoms with Crippen LogP contribution in [-0.2, 0) is 43.0 Å². The summed E-state index contributed by atoms with van der Waals surface area (Å²) in [7, 11) is 0. The maximum Gasteiger partial charge on any atom is 0.338 e. The molecule has 36 nitrogen and oxygen atoms in total. The number of hydrogen-bond acceptors (Lipinski definition) is 33. The smallest absolute Gasteiger partial charge is 0.338 e. The van der Waals surface area contributed by atoms with Crippen LogP contribution < -0.4 is 20.4 Å². The molecule has 2 aliphatic heterocycles. The number of ether oxygens (including phenoxy) is 3. The van der Waals surface area contributed by atoms with Crippen molar-refractivity contribution in [1.82, 2.24) is 70.4 Å². The Kier molecular flexibility index (Phi) is 44.2. The number of carboxylic acids is 1. The minimum atomic E-state index is -1.94. The van der Waals surface area contributed by atoms with Crippen LogP contribution in [0.4, 0.5) is 20.2 Å². The average Bonchev–Trinajstić information content (AvgIpc) is 0.822. The first-order valence-electron chi connectivity index (χ1n) is 37.1. The van der Waals surface area contributed by atoms with Crippen molar-refractivity contribution in [3.63, 3.8) is 0 Å². The zero-order valence-electron chi connectivity index (χ0n) is 68.1. The lowest BCUT2D eigenvalue weighted by Gasteiger charge is -2.34. The van der Waals surface area contributed by atoms with Gasteiger partial charge in [0.15, 0.2) is 24.4 Å². The van der Waals surface area contributed by atoms with Crippen LogP contribution in [0, 0.1) is 46.1 Å². The van der Waals surface area contributed by atoms with Crippen molar-refractivity contribution >= 4 is 123 Å². The minimum Gasteiger partial charge on any atom is -0.479 e. The summed E-state index contributed by atoms with van der Waals surface area (Å²) in [6.07, 6.45) is 11.0. The first kappa shape index (κ1) is 105. The third-order valence-electron chi connectivity index (χ3n) is 16.1. The molecule has 2 aromatic carbocycles. The number of piperidine rings is 2. The Balaban J connectivity index is 0.000000318. The Labute approximate surface area is 741 Å². The van der Waals surface area contributed by atoms with Crippen LogP contribution in [0.15, 0.2) is 136 Å². The van der Waals surface area contributed by atoms with Gasteiger partial charge >= 0.3 is 23.9 Å². The number of carbonyl (C=O) groups excluding carboxylic acids is 5. The fourth-order valence-electron chi connectivity index (χ4n) is 10.3. The Morgan fingerprint density at radius 1 is 0.484 bits per heavy atom. The molecule has 0 saturated carbocycles. The quantitative estimate of drug-likeness (QED) is 0.0182. The maximum atomic E-state index is 13.3. The van der Waals surface area contributed by atoms with Gasteiger partial charge in [0.05, 0.1) is 119 Å². The van der Waals surface area contributed by atoms with Crippen molar-refractivity contribution in [2.24, 2.45) is 11.8 Å². The highest BCUT2D eigenvalue weighted by molar-refractivity contribution is 6.32. The highest BCUT2D eigenvalue weighted by atomic mass is 35.5. The van der Waals surface area contributed by atoms with Gasteiger partial charge < -0.3 is 80.6 Å². The number of benzene rings is 2. The van der Waals surface area contributed by atoms with Crippen molar-refractivity contribution in [3.05, 3.63) is 218 Å². The number of esters is 3. The number of aliphatic hydroxyl groups is 8. The third kappa shape index (κ3) is 39.3. The molecule has 2 saturated heterocycles. The third-order valence-corrected chi connectivity index (χ3v) is 17.2. The van der Waals surface area contributed by atoms with E-state index in [0.29, 0.717) is 77.8 Å². The molecule has 0 bridgehead atoms. The minimum absolute atomic E-state index is 0.000796. The number of nitriles is 2. The molecule has 8 atom stereocenters. The number of aliphatic carboxylic acids is 1. The molecule has 2 fully saturated rings. The summed E-state index contributed by atoms with van der Waals surface area (Å²) in [6.45, 7) is 22.5. The van der Waals surface area contributed by atoms with E-state index < -0.39 is 107 Å². The molecule has 0 unspecified atom stereocenters. The van der Waals surface area contributed by atoms with Gasteiger partial charge in [0.1, 0.15) is 95.9 Å². The monoisotopic (exact) mass is 1840 g/mol. The van der Waals surface area contributed by atoms with Crippen LogP contribution in [0.1, 0.15) is 152 Å². The van der Waals surface area contributed by atoms with Crippen LogP contribution in [0.25, 0.3) is 6.08 Å². The van der Waals surface area contributed by atoms with E-state index in [9.17, 15) is 83.8 Å². The molecule has 0 radical (unpaired) electrons. The van der Waals surface area contributed by atoms with E-state index in [2.05, 4.69) is 77.0 Å². The van der Waals surface area contributed by atoms with Crippen molar-refractivity contribution < 1.29 is 97.7 Å². The van der Waals surface area contributed by atoms with Crippen LogP contribution in [0.2, 0.25) is 30.9 Å². The molecule has 44 heteroatoms. The maximum absolute atomic E-state index is 13.3. The summed E-state index contributed by atoms with van der Waals surface area (Å²) >= 11 is 33.2. The second-order valence-corrected chi connectivity index (χ2v) is 31.6. The zero-order chi connectivity index (χ0) is 92.8. The van der Waals surface area contributed by atoms with Crippen molar-refractivity contribution in [3.8, 4) is 12.1 Å². The van der Waals surface area contributed by atoms with Gasteiger partial charge in [-0.1, -0.05) is 76.2 Å². The Morgan fingerprint density at radius 3 is 1.16 bits per heavy atom. The van der Waals surface area contributed by atoms with Gasteiger partial charge in [-0.2, -0.15) is 10.5 Å². The second kappa shape index (κ2) is 52.0. The number of nitrogens with one attached hydrogen (secondary N) is 2. The van der Waals surface area contributed by atoms with Crippen LogP contribution >= 0.6 is 69.6 Å². The molecule has 0 spiro atoms. The molecular weight excluding hydrogens is 1750 g/mol.